The highest BCUT2D eigenvalue weighted by molar-refractivity contribution is 6.17. The summed E-state index contributed by atoms with van der Waals surface area (Å²) in [4.78, 5) is 2.37. The first kappa shape index (κ1) is 26.8. The Morgan fingerprint density at radius 1 is 0.333 bits per heavy atom. The van der Waals surface area contributed by atoms with Gasteiger partial charge in [-0.2, -0.15) is 0 Å². The first-order valence-corrected chi connectivity index (χ1v) is 16.4. The molecular formula is C46H29NO. The molecule has 2 heteroatoms. The zero-order valence-corrected chi connectivity index (χ0v) is 26.1. The Balaban J connectivity index is 1.18. The van der Waals surface area contributed by atoms with Gasteiger partial charge < -0.3 is 9.32 Å². The molecule has 1 heterocycles. The minimum absolute atomic E-state index is 0.877. The van der Waals surface area contributed by atoms with Gasteiger partial charge in [-0.15, -0.1) is 0 Å². The third-order valence-electron chi connectivity index (χ3n) is 9.82. The first-order chi connectivity index (χ1) is 23.8. The summed E-state index contributed by atoms with van der Waals surface area (Å²) in [5.41, 5.74) is 7.34. The Labute approximate surface area is 277 Å². The number of rotatable bonds is 4. The highest BCUT2D eigenvalue weighted by Gasteiger charge is 2.22. The van der Waals surface area contributed by atoms with Gasteiger partial charge in [0.15, 0.2) is 5.58 Å². The Morgan fingerprint density at radius 3 is 1.75 bits per heavy atom. The summed E-state index contributed by atoms with van der Waals surface area (Å²) in [6.45, 7) is 0. The maximum Gasteiger partial charge on any atom is 0.159 e. The second-order valence-electron chi connectivity index (χ2n) is 12.5. The van der Waals surface area contributed by atoms with E-state index in [9.17, 15) is 0 Å². The van der Waals surface area contributed by atoms with Crippen molar-refractivity contribution in [1.82, 2.24) is 0 Å². The first-order valence-electron chi connectivity index (χ1n) is 16.4. The van der Waals surface area contributed by atoms with Crippen LogP contribution < -0.4 is 4.90 Å². The van der Waals surface area contributed by atoms with Crippen LogP contribution in [-0.2, 0) is 0 Å². The average Bonchev–Trinajstić information content (AvgIpc) is 3.54. The Morgan fingerprint density at radius 2 is 0.917 bits per heavy atom. The minimum atomic E-state index is 0.877. The molecule has 0 aliphatic rings. The molecular weight excluding hydrogens is 583 g/mol. The van der Waals surface area contributed by atoms with Crippen molar-refractivity contribution in [3.8, 4) is 11.1 Å². The highest BCUT2D eigenvalue weighted by atomic mass is 16.3. The highest BCUT2D eigenvalue weighted by Crippen LogP contribution is 2.46. The number of hydrogen-bond donors (Lipinski definition) is 0. The van der Waals surface area contributed by atoms with Crippen LogP contribution in [0.25, 0.3) is 76.2 Å². The van der Waals surface area contributed by atoms with Crippen LogP contribution in [0.1, 0.15) is 0 Å². The molecule has 224 valence electrons. The normalized spacial score (nSPS) is 11.8. The molecule has 0 amide bonds. The van der Waals surface area contributed by atoms with Crippen molar-refractivity contribution in [1.29, 1.82) is 0 Å². The summed E-state index contributed by atoms with van der Waals surface area (Å²) in [6.07, 6.45) is 0. The van der Waals surface area contributed by atoms with Gasteiger partial charge in [0.25, 0.3) is 0 Å². The molecule has 0 radical (unpaired) electrons. The summed E-state index contributed by atoms with van der Waals surface area (Å²) in [5, 5.41) is 12.2. The lowest BCUT2D eigenvalue weighted by atomic mass is 9.97. The van der Waals surface area contributed by atoms with Crippen LogP contribution in [0.5, 0.6) is 0 Å². The van der Waals surface area contributed by atoms with Crippen molar-refractivity contribution in [3.63, 3.8) is 0 Å². The van der Waals surface area contributed by atoms with Crippen molar-refractivity contribution in [2.45, 2.75) is 0 Å². The van der Waals surface area contributed by atoms with Crippen molar-refractivity contribution >= 4 is 82.1 Å². The fourth-order valence-corrected chi connectivity index (χ4v) is 7.53. The maximum atomic E-state index is 6.63. The van der Waals surface area contributed by atoms with Gasteiger partial charge in [0, 0.05) is 21.8 Å². The van der Waals surface area contributed by atoms with Crippen LogP contribution in [0.3, 0.4) is 0 Å². The quantitative estimate of drug-likeness (QED) is 0.184. The molecule has 0 aliphatic heterocycles. The van der Waals surface area contributed by atoms with Crippen molar-refractivity contribution in [2.24, 2.45) is 0 Å². The molecule has 0 aliphatic carbocycles. The lowest BCUT2D eigenvalue weighted by molar-refractivity contribution is 0.669. The molecule has 0 atom stereocenters. The summed E-state index contributed by atoms with van der Waals surface area (Å²) in [7, 11) is 0. The zero-order chi connectivity index (χ0) is 31.6. The minimum Gasteiger partial charge on any atom is -0.454 e. The SMILES string of the molecule is c1ccc2c(c1)ccc1cc(-c3ccc(N(c4cc5ccccc5c5ccccc45)c4cccc5c4oc4ccccc45)cc3)ccc12. The Kier molecular flexibility index (Phi) is 5.91. The zero-order valence-electron chi connectivity index (χ0n) is 26.1. The van der Waals surface area contributed by atoms with Gasteiger partial charge in [0.2, 0.25) is 0 Å². The number of nitrogens with zero attached hydrogens (tertiary/aromatic N) is 1. The number of furan rings is 1. The fraction of sp³-hybridized carbons (Fsp3) is 0. The molecule has 0 N–H and O–H groups in total. The largest absolute Gasteiger partial charge is 0.454 e. The van der Waals surface area contributed by atoms with Gasteiger partial charge in [-0.25, -0.2) is 0 Å². The third kappa shape index (κ3) is 4.13. The summed E-state index contributed by atoms with van der Waals surface area (Å²) >= 11 is 0. The molecule has 0 spiro atoms. The van der Waals surface area contributed by atoms with Crippen molar-refractivity contribution < 1.29 is 4.42 Å². The van der Waals surface area contributed by atoms with Crippen LogP contribution in [0, 0.1) is 0 Å². The number of benzene rings is 9. The smallest absolute Gasteiger partial charge is 0.159 e. The van der Waals surface area contributed by atoms with Crippen molar-refractivity contribution in [3.05, 3.63) is 176 Å². The monoisotopic (exact) mass is 611 g/mol. The molecule has 0 saturated heterocycles. The number of anilines is 3. The van der Waals surface area contributed by atoms with Crippen molar-refractivity contribution in [2.75, 3.05) is 4.90 Å². The lowest BCUT2D eigenvalue weighted by Gasteiger charge is -2.27. The summed E-state index contributed by atoms with van der Waals surface area (Å²) < 4.78 is 6.63. The van der Waals surface area contributed by atoms with E-state index in [1.165, 1.54) is 54.2 Å². The van der Waals surface area contributed by atoms with Gasteiger partial charge in [-0.05, 0) is 85.2 Å². The van der Waals surface area contributed by atoms with E-state index in [4.69, 9.17) is 4.42 Å². The fourth-order valence-electron chi connectivity index (χ4n) is 7.53. The Bertz CT molecular complexity index is 2840. The van der Waals surface area contributed by atoms with E-state index in [-0.39, 0.29) is 0 Å². The Hall–Kier alpha value is -6.38. The van der Waals surface area contributed by atoms with E-state index in [0.717, 1.165) is 39.0 Å². The van der Waals surface area contributed by atoms with E-state index < -0.39 is 0 Å². The van der Waals surface area contributed by atoms with Gasteiger partial charge in [-0.3, -0.25) is 0 Å². The van der Waals surface area contributed by atoms with Gasteiger partial charge in [-0.1, -0.05) is 140 Å². The van der Waals surface area contributed by atoms with Gasteiger partial charge in [0.05, 0.1) is 11.4 Å². The average molecular weight is 612 g/mol. The van der Waals surface area contributed by atoms with E-state index in [2.05, 4.69) is 175 Å². The molecule has 0 bridgehead atoms. The second kappa shape index (κ2) is 10.6. The van der Waals surface area contributed by atoms with E-state index >= 15 is 0 Å². The number of hydrogen-bond acceptors (Lipinski definition) is 2. The van der Waals surface area contributed by atoms with Gasteiger partial charge in [0.1, 0.15) is 5.58 Å². The van der Waals surface area contributed by atoms with Crippen LogP contribution in [-0.4, -0.2) is 0 Å². The van der Waals surface area contributed by atoms with E-state index in [0.29, 0.717) is 0 Å². The summed E-state index contributed by atoms with van der Waals surface area (Å²) in [5.74, 6) is 0. The molecule has 48 heavy (non-hydrogen) atoms. The topological polar surface area (TPSA) is 16.4 Å². The molecule has 0 saturated carbocycles. The van der Waals surface area contributed by atoms with Crippen LogP contribution in [0.2, 0.25) is 0 Å². The summed E-state index contributed by atoms with van der Waals surface area (Å²) in [6, 6.07) is 63.3. The standard InChI is InChI=1S/C46H29NO/c1-3-12-36-31(10-1)20-21-34-28-32(24-27-38(34)36)30-22-25-35(26-23-30)47(43-18-9-17-42-41-16-7-8-19-45(41)48-46(42)43)44-29-33-11-2-4-13-37(33)39-14-5-6-15-40(39)44/h1-29H. The number of para-hydroxylation sites is 2. The molecule has 10 rings (SSSR count). The molecule has 10 aromatic rings. The van der Waals surface area contributed by atoms with E-state index in [1.54, 1.807) is 0 Å². The lowest BCUT2D eigenvalue weighted by Crippen LogP contribution is -2.11. The van der Waals surface area contributed by atoms with Crippen LogP contribution in [0.4, 0.5) is 17.1 Å². The third-order valence-corrected chi connectivity index (χ3v) is 9.82. The molecule has 9 aromatic carbocycles. The molecule has 0 fully saturated rings. The van der Waals surface area contributed by atoms with Gasteiger partial charge >= 0.3 is 0 Å². The molecule has 1 aromatic heterocycles. The molecule has 0 unspecified atom stereocenters. The molecule has 2 nitrogen and oxygen atoms in total. The second-order valence-corrected chi connectivity index (χ2v) is 12.5. The maximum absolute atomic E-state index is 6.63. The predicted octanol–water partition coefficient (Wildman–Crippen LogP) is 13.3. The predicted molar refractivity (Wildman–Crippen MR) is 204 cm³/mol. The van der Waals surface area contributed by atoms with Crippen LogP contribution >= 0.6 is 0 Å². The van der Waals surface area contributed by atoms with E-state index in [1.807, 2.05) is 6.07 Å². The number of fused-ring (bicyclic) bond motifs is 9. The van der Waals surface area contributed by atoms with Crippen LogP contribution in [0.15, 0.2) is 180 Å².